The third-order valence-electron chi connectivity index (χ3n) is 2.44. The molecule has 0 spiro atoms. The van der Waals surface area contributed by atoms with Gasteiger partial charge in [-0.3, -0.25) is 0 Å². The summed E-state index contributed by atoms with van der Waals surface area (Å²) in [5, 5.41) is 2.95. The molecule has 2 rings (SSSR count). The van der Waals surface area contributed by atoms with E-state index in [1.807, 2.05) is 0 Å². The van der Waals surface area contributed by atoms with Gasteiger partial charge in [-0.1, -0.05) is 18.2 Å². The molecule has 2 aromatic rings. The highest BCUT2D eigenvalue weighted by Gasteiger charge is 2.08. The Labute approximate surface area is 104 Å². The quantitative estimate of drug-likeness (QED) is 0.863. The highest BCUT2D eigenvalue weighted by molar-refractivity contribution is 5.66. The molecule has 0 aliphatic heterocycles. The van der Waals surface area contributed by atoms with E-state index in [4.69, 9.17) is 10.5 Å². The van der Waals surface area contributed by atoms with Crippen LogP contribution >= 0.6 is 0 Å². The number of halogens is 1. The number of benzene rings is 1. The molecule has 1 heterocycles. The number of nitrogens with zero attached hydrogens (tertiary/aromatic N) is 2. The van der Waals surface area contributed by atoms with Gasteiger partial charge in [0.2, 0.25) is 5.88 Å². The van der Waals surface area contributed by atoms with Crippen LogP contribution in [0.25, 0.3) is 0 Å². The van der Waals surface area contributed by atoms with Crippen LogP contribution in [0.5, 0.6) is 5.88 Å². The molecule has 0 aliphatic rings. The number of ether oxygens (including phenoxy) is 1. The molecule has 0 bridgehead atoms. The Morgan fingerprint density at radius 1 is 1.33 bits per heavy atom. The molecule has 1 aromatic carbocycles. The summed E-state index contributed by atoms with van der Waals surface area (Å²) in [6.07, 6.45) is 1.33. The molecule has 0 atom stereocenters. The van der Waals surface area contributed by atoms with E-state index < -0.39 is 0 Å². The first kappa shape index (κ1) is 12.1. The van der Waals surface area contributed by atoms with E-state index in [0.717, 1.165) is 0 Å². The van der Waals surface area contributed by atoms with E-state index in [0.29, 0.717) is 22.9 Å². The average Bonchev–Trinajstić information content (AvgIpc) is 2.39. The standard InChI is InChI=1S/C12H13FN4O/c1-18-12-10(14)11(16-7-17-12)15-6-8-4-2-3-5-9(8)13/h2-5,7H,6,14H2,1H3,(H,15,16,17). The minimum atomic E-state index is -0.274. The van der Waals surface area contributed by atoms with E-state index in [1.54, 1.807) is 18.2 Å². The zero-order valence-electron chi connectivity index (χ0n) is 9.85. The van der Waals surface area contributed by atoms with Crippen LogP contribution in [-0.2, 0) is 6.54 Å². The van der Waals surface area contributed by atoms with Crippen molar-refractivity contribution in [2.75, 3.05) is 18.2 Å². The van der Waals surface area contributed by atoms with Gasteiger partial charge in [-0.25, -0.2) is 9.37 Å². The van der Waals surface area contributed by atoms with Crippen molar-refractivity contribution in [3.8, 4) is 5.88 Å². The molecule has 18 heavy (non-hydrogen) atoms. The van der Waals surface area contributed by atoms with Gasteiger partial charge in [0.25, 0.3) is 0 Å². The molecule has 3 N–H and O–H groups in total. The molecule has 0 saturated carbocycles. The minimum absolute atomic E-state index is 0.274. The van der Waals surface area contributed by atoms with Crippen molar-refractivity contribution in [2.24, 2.45) is 0 Å². The van der Waals surface area contributed by atoms with Gasteiger partial charge in [-0.2, -0.15) is 4.98 Å². The van der Waals surface area contributed by atoms with Gasteiger partial charge < -0.3 is 15.8 Å². The second-order valence-corrected chi connectivity index (χ2v) is 3.59. The van der Waals surface area contributed by atoms with E-state index in [1.165, 1.54) is 19.5 Å². The van der Waals surface area contributed by atoms with Crippen LogP contribution in [0.15, 0.2) is 30.6 Å². The van der Waals surface area contributed by atoms with Crippen molar-refractivity contribution in [2.45, 2.75) is 6.54 Å². The van der Waals surface area contributed by atoms with Crippen molar-refractivity contribution < 1.29 is 9.13 Å². The lowest BCUT2D eigenvalue weighted by Crippen LogP contribution is -2.07. The molecule has 1 aromatic heterocycles. The fourth-order valence-electron chi connectivity index (χ4n) is 1.50. The SMILES string of the molecule is COc1ncnc(NCc2ccccc2F)c1N. The number of rotatable bonds is 4. The van der Waals surface area contributed by atoms with Gasteiger partial charge in [0.05, 0.1) is 7.11 Å². The van der Waals surface area contributed by atoms with Gasteiger partial charge in [-0.05, 0) is 6.07 Å². The smallest absolute Gasteiger partial charge is 0.242 e. The lowest BCUT2D eigenvalue weighted by molar-refractivity contribution is 0.399. The van der Waals surface area contributed by atoms with E-state index in [2.05, 4.69) is 15.3 Å². The number of nitrogen functional groups attached to an aromatic ring is 1. The van der Waals surface area contributed by atoms with Gasteiger partial charge in [0.1, 0.15) is 17.8 Å². The van der Waals surface area contributed by atoms with Crippen LogP contribution in [0.4, 0.5) is 15.9 Å². The fourth-order valence-corrected chi connectivity index (χ4v) is 1.50. The highest BCUT2D eigenvalue weighted by atomic mass is 19.1. The Kier molecular flexibility index (Phi) is 3.57. The molecule has 0 aliphatic carbocycles. The summed E-state index contributed by atoms with van der Waals surface area (Å²) >= 11 is 0. The largest absolute Gasteiger partial charge is 0.479 e. The molecule has 0 radical (unpaired) electrons. The van der Waals surface area contributed by atoms with Gasteiger partial charge in [0.15, 0.2) is 5.82 Å². The second kappa shape index (κ2) is 5.31. The zero-order chi connectivity index (χ0) is 13.0. The Morgan fingerprint density at radius 2 is 2.11 bits per heavy atom. The second-order valence-electron chi connectivity index (χ2n) is 3.59. The third kappa shape index (κ3) is 2.48. The van der Waals surface area contributed by atoms with Crippen molar-refractivity contribution in [1.29, 1.82) is 0 Å². The maximum absolute atomic E-state index is 13.4. The molecular formula is C12H13FN4O. The van der Waals surface area contributed by atoms with E-state index in [-0.39, 0.29) is 12.4 Å². The number of anilines is 2. The molecular weight excluding hydrogens is 235 g/mol. The highest BCUT2D eigenvalue weighted by Crippen LogP contribution is 2.24. The molecule has 0 amide bonds. The summed E-state index contributed by atoms with van der Waals surface area (Å²) in [4.78, 5) is 7.84. The van der Waals surface area contributed by atoms with E-state index in [9.17, 15) is 4.39 Å². The summed E-state index contributed by atoms with van der Waals surface area (Å²) in [7, 11) is 1.47. The van der Waals surface area contributed by atoms with Crippen molar-refractivity contribution in [3.63, 3.8) is 0 Å². The van der Waals surface area contributed by atoms with Crippen molar-refractivity contribution >= 4 is 11.5 Å². The predicted molar refractivity (Wildman–Crippen MR) is 66.7 cm³/mol. The first-order chi connectivity index (χ1) is 8.72. The Bertz CT molecular complexity index is 547. The topological polar surface area (TPSA) is 73.1 Å². The molecule has 94 valence electrons. The van der Waals surface area contributed by atoms with Crippen molar-refractivity contribution in [3.05, 3.63) is 42.0 Å². The third-order valence-corrected chi connectivity index (χ3v) is 2.44. The van der Waals surface area contributed by atoms with Crippen LogP contribution in [-0.4, -0.2) is 17.1 Å². The number of hydrogen-bond acceptors (Lipinski definition) is 5. The Morgan fingerprint density at radius 3 is 2.83 bits per heavy atom. The summed E-state index contributed by atoms with van der Waals surface area (Å²) in [6.45, 7) is 0.289. The maximum atomic E-state index is 13.4. The van der Waals surface area contributed by atoms with Crippen molar-refractivity contribution in [1.82, 2.24) is 9.97 Å². The lowest BCUT2D eigenvalue weighted by Gasteiger charge is -2.10. The maximum Gasteiger partial charge on any atom is 0.242 e. The molecule has 6 heteroatoms. The lowest BCUT2D eigenvalue weighted by atomic mass is 10.2. The number of aromatic nitrogens is 2. The number of nitrogens with two attached hydrogens (primary N) is 1. The normalized spacial score (nSPS) is 10.1. The number of nitrogens with one attached hydrogen (secondary N) is 1. The van der Waals surface area contributed by atoms with Crippen LogP contribution in [0, 0.1) is 5.82 Å². The summed E-state index contributed by atoms with van der Waals surface area (Å²) < 4.78 is 18.4. The van der Waals surface area contributed by atoms with Gasteiger partial charge >= 0.3 is 0 Å². The van der Waals surface area contributed by atoms with Gasteiger partial charge in [0, 0.05) is 12.1 Å². The van der Waals surface area contributed by atoms with E-state index >= 15 is 0 Å². The molecule has 0 unspecified atom stereocenters. The predicted octanol–water partition coefficient (Wildman–Crippen LogP) is 1.82. The first-order valence-corrected chi connectivity index (χ1v) is 5.34. The van der Waals surface area contributed by atoms with Crippen LogP contribution < -0.4 is 15.8 Å². The Balaban J connectivity index is 2.14. The monoisotopic (exact) mass is 248 g/mol. The molecule has 0 fully saturated rings. The summed E-state index contributed by atoms with van der Waals surface area (Å²) in [5.41, 5.74) is 6.63. The minimum Gasteiger partial charge on any atom is -0.479 e. The molecule has 0 saturated heterocycles. The summed E-state index contributed by atoms with van der Waals surface area (Å²) in [6, 6.07) is 6.50. The van der Waals surface area contributed by atoms with Crippen LogP contribution in [0.3, 0.4) is 0 Å². The first-order valence-electron chi connectivity index (χ1n) is 5.34. The van der Waals surface area contributed by atoms with Gasteiger partial charge in [-0.15, -0.1) is 0 Å². The number of hydrogen-bond donors (Lipinski definition) is 2. The average molecular weight is 248 g/mol. The van der Waals surface area contributed by atoms with Crippen LogP contribution in [0.1, 0.15) is 5.56 Å². The Hall–Kier alpha value is -2.37. The van der Waals surface area contributed by atoms with Crippen LogP contribution in [0.2, 0.25) is 0 Å². The summed E-state index contributed by atoms with van der Waals surface area (Å²) in [5.74, 6) is 0.440. The molecule has 5 nitrogen and oxygen atoms in total. The zero-order valence-corrected chi connectivity index (χ0v) is 9.85. The fraction of sp³-hybridized carbons (Fsp3) is 0.167. The number of methoxy groups -OCH3 is 1.